The van der Waals surface area contributed by atoms with Gasteiger partial charge in [-0.1, -0.05) is 42.5 Å². The first-order valence-corrected chi connectivity index (χ1v) is 8.61. The monoisotopic (exact) mass is 330 g/mol. The van der Waals surface area contributed by atoms with Crippen molar-refractivity contribution in [1.29, 1.82) is 0 Å². The predicted molar refractivity (Wildman–Crippen MR) is 103 cm³/mol. The molecule has 0 amide bonds. The minimum absolute atomic E-state index is 0.109. The lowest BCUT2D eigenvalue weighted by molar-refractivity contribution is 0.413. The molecule has 3 aromatic carbocycles. The molecule has 4 rings (SSSR count). The smallest absolute Gasteiger partial charge is 0.119 e. The van der Waals surface area contributed by atoms with Gasteiger partial charge in [0.05, 0.1) is 13.2 Å². The lowest BCUT2D eigenvalue weighted by Gasteiger charge is -2.40. The molecule has 1 heterocycles. The Labute approximate surface area is 148 Å². The Morgan fingerprint density at radius 2 is 1.68 bits per heavy atom. The quantitative estimate of drug-likeness (QED) is 0.722. The highest BCUT2D eigenvalue weighted by Crippen LogP contribution is 2.41. The van der Waals surface area contributed by atoms with Gasteiger partial charge in [-0.2, -0.15) is 0 Å². The number of methoxy groups -OCH3 is 1. The summed E-state index contributed by atoms with van der Waals surface area (Å²) in [4.78, 5) is 2.44. The molecule has 3 heteroatoms. The molecule has 3 nitrogen and oxygen atoms in total. The average Bonchev–Trinajstić information content (AvgIpc) is 2.68. The largest absolute Gasteiger partial charge is 0.497 e. The summed E-state index contributed by atoms with van der Waals surface area (Å²) in [5.41, 5.74) is 12.2. The summed E-state index contributed by atoms with van der Waals surface area (Å²) in [6.07, 6.45) is 0.991. The van der Waals surface area contributed by atoms with Crippen LogP contribution in [0.3, 0.4) is 0 Å². The molecule has 1 atom stereocenters. The summed E-state index contributed by atoms with van der Waals surface area (Å²) in [5, 5.41) is 0. The number of nitrogens with zero attached hydrogens (tertiary/aromatic N) is 1. The van der Waals surface area contributed by atoms with Gasteiger partial charge < -0.3 is 15.4 Å². The highest BCUT2D eigenvalue weighted by molar-refractivity contribution is 5.61. The Morgan fingerprint density at radius 1 is 0.920 bits per heavy atom. The molecule has 1 unspecified atom stereocenters. The van der Waals surface area contributed by atoms with E-state index >= 15 is 0 Å². The Kier molecular flexibility index (Phi) is 4.06. The van der Waals surface area contributed by atoms with Gasteiger partial charge in [-0.25, -0.2) is 0 Å². The first kappa shape index (κ1) is 15.6. The highest BCUT2D eigenvalue weighted by atomic mass is 16.5. The van der Waals surface area contributed by atoms with Crippen molar-refractivity contribution in [3.8, 4) is 5.75 Å². The number of benzene rings is 3. The Bertz CT molecular complexity index is 876. The van der Waals surface area contributed by atoms with Crippen molar-refractivity contribution in [3.05, 3.63) is 89.5 Å². The minimum atomic E-state index is 0.109. The second-order valence-corrected chi connectivity index (χ2v) is 6.38. The lowest BCUT2D eigenvalue weighted by Crippen LogP contribution is -2.36. The SMILES string of the molecule is COc1ccc2c(c1)CCN(c1ccccc1)C2c1ccccc1N. The van der Waals surface area contributed by atoms with Crippen molar-refractivity contribution in [2.24, 2.45) is 0 Å². The third-order valence-corrected chi connectivity index (χ3v) is 4.96. The van der Waals surface area contributed by atoms with E-state index in [-0.39, 0.29) is 6.04 Å². The number of fused-ring (bicyclic) bond motifs is 1. The number of nitrogen functional groups attached to an aromatic ring is 1. The van der Waals surface area contributed by atoms with Gasteiger partial charge in [-0.05, 0) is 47.9 Å². The molecule has 0 spiro atoms. The standard InChI is InChI=1S/C22H22N2O/c1-25-18-11-12-19-16(15-18)13-14-24(17-7-3-2-4-8-17)22(19)20-9-5-6-10-21(20)23/h2-12,15,22H,13-14,23H2,1H3. The van der Waals surface area contributed by atoms with Crippen molar-refractivity contribution in [2.45, 2.75) is 12.5 Å². The van der Waals surface area contributed by atoms with Crippen LogP contribution in [-0.4, -0.2) is 13.7 Å². The summed E-state index contributed by atoms with van der Waals surface area (Å²) >= 11 is 0. The number of hydrogen-bond acceptors (Lipinski definition) is 3. The number of nitrogens with two attached hydrogens (primary N) is 1. The van der Waals surface area contributed by atoms with Crippen LogP contribution in [0.1, 0.15) is 22.7 Å². The van der Waals surface area contributed by atoms with E-state index in [4.69, 9.17) is 10.5 Å². The molecule has 126 valence electrons. The number of rotatable bonds is 3. The fraction of sp³-hybridized carbons (Fsp3) is 0.182. The van der Waals surface area contributed by atoms with Gasteiger partial charge in [0.2, 0.25) is 0 Å². The molecule has 1 aliphatic heterocycles. The first-order valence-electron chi connectivity index (χ1n) is 8.61. The molecule has 2 N–H and O–H groups in total. The summed E-state index contributed by atoms with van der Waals surface area (Å²) in [5.74, 6) is 0.909. The van der Waals surface area contributed by atoms with E-state index in [1.807, 2.05) is 18.2 Å². The van der Waals surface area contributed by atoms with Crippen molar-refractivity contribution in [3.63, 3.8) is 0 Å². The molecule has 0 saturated heterocycles. The Morgan fingerprint density at radius 3 is 2.44 bits per heavy atom. The van der Waals surface area contributed by atoms with E-state index < -0.39 is 0 Å². The summed E-state index contributed by atoms with van der Waals surface area (Å²) < 4.78 is 5.42. The van der Waals surface area contributed by atoms with Crippen molar-refractivity contribution in [1.82, 2.24) is 0 Å². The average molecular weight is 330 g/mol. The third-order valence-electron chi connectivity index (χ3n) is 4.96. The van der Waals surface area contributed by atoms with Crippen LogP contribution in [0.25, 0.3) is 0 Å². The lowest BCUT2D eigenvalue weighted by atomic mass is 9.87. The molecule has 1 aliphatic rings. The zero-order chi connectivity index (χ0) is 17.2. The van der Waals surface area contributed by atoms with Crippen LogP contribution >= 0.6 is 0 Å². The maximum atomic E-state index is 6.35. The summed E-state index contributed by atoms with van der Waals surface area (Å²) in [6, 6.07) is 25.2. The summed E-state index contributed by atoms with van der Waals surface area (Å²) in [7, 11) is 1.72. The third kappa shape index (κ3) is 2.82. The molecule has 0 fully saturated rings. The van der Waals surface area contributed by atoms with Crippen LogP contribution in [0.5, 0.6) is 5.75 Å². The van der Waals surface area contributed by atoms with Crippen molar-refractivity contribution >= 4 is 11.4 Å². The molecule has 25 heavy (non-hydrogen) atoms. The van der Waals surface area contributed by atoms with Gasteiger partial charge in [0.25, 0.3) is 0 Å². The first-order chi connectivity index (χ1) is 12.3. The van der Waals surface area contributed by atoms with Gasteiger partial charge in [-0.3, -0.25) is 0 Å². The van der Waals surface area contributed by atoms with Crippen LogP contribution in [0.2, 0.25) is 0 Å². The highest BCUT2D eigenvalue weighted by Gasteiger charge is 2.30. The predicted octanol–water partition coefficient (Wildman–Crippen LogP) is 4.43. The van der Waals surface area contributed by atoms with Gasteiger partial charge in [0, 0.05) is 23.5 Å². The van der Waals surface area contributed by atoms with Crippen LogP contribution in [0.15, 0.2) is 72.8 Å². The minimum Gasteiger partial charge on any atom is -0.497 e. The number of ether oxygens (including phenoxy) is 1. The fourth-order valence-electron chi connectivity index (χ4n) is 3.72. The molecular formula is C22H22N2O. The number of hydrogen-bond donors (Lipinski definition) is 1. The van der Waals surface area contributed by atoms with Gasteiger partial charge in [0.1, 0.15) is 5.75 Å². The summed E-state index contributed by atoms with van der Waals surface area (Å²) in [6.45, 7) is 0.948. The van der Waals surface area contributed by atoms with Crippen molar-refractivity contribution < 1.29 is 4.74 Å². The van der Waals surface area contributed by atoms with Crippen LogP contribution in [0.4, 0.5) is 11.4 Å². The number of anilines is 2. The van der Waals surface area contributed by atoms with E-state index in [0.717, 1.165) is 30.0 Å². The van der Waals surface area contributed by atoms with Crippen molar-refractivity contribution in [2.75, 3.05) is 24.3 Å². The normalized spacial score (nSPS) is 16.4. The molecule has 0 aliphatic carbocycles. The van der Waals surface area contributed by atoms with E-state index in [0.29, 0.717) is 0 Å². The number of para-hydroxylation sites is 2. The maximum absolute atomic E-state index is 6.35. The molecular weight excluding hydrogens is 308 g/mol. The van der Waals surface area contributed by atoms with Crippen LogP contribution < -0.4 is 15.4 Å². The second kappa shape index (κ2) is 6.52. The fourth-order valence-corrected chi connectivity index (χ4v) is 3.72. The van der Waals surface area contributed by atoms with E-state index in [2.05, 4.69) is 59.5 Å². The Balaban J connectivity index is 1.88. The topological polar surface area (TPSA) is 38.5 Å². The van der Waals surface area contributed by atoms with Gasteiger partial charge >= 0.3 is 0 Å². The molecule has 3 aromatic rings. The molecule has 0 aromatic heterocycles. The maximum Gasteiger partial charge on any atom is 0.119 e. The van der Waals surface area contributed by atoms with E-state index in [1.165, 1.54) is 16.8 Å². The van der Waals surface area contributed by atoms with Crippen LogP contribution in [0, 0.1) is 0 Å². The van der Waals surface area contributed by atoms with Gasteiger partial charge in [0.15, 0.2) is 0 Å². The molecule has 0 saturated carbocycles. The zero-order valence-electron chi connectivity index (χ0n) is 14.4. The second-order valence-electron chi connectivity index (χ2n) is 6.38. The zero-order valence-corrected chi connectivity index (χ0v) is 14.4. The van der Waals surface area contributed by atoms with Crippen LogP contribution in [-0.2, 0) is 6.42 Å². The van der Waals surface area contributed by atoms with E-state index in [1.54, 1.807) is 7.11 Å². The van der Waals surface area contributed by atoms with Gasteiger partial charge in [-0.15, -0.1) is 0 Å². The Hall–Kier alpha value is -2.94. The molecule has 0 bridgehead atoms. The van der Waals surface area contributed by atoms with E-state index in [9.17, 15) is 0 Å². The molecule has 0 radical (unpaired) electrons.